The normalized spacial score (nSPS) is 18.0. The van der Waals surface area contributed by atoms with E-state index in [-0.39, 0.29) is 6.04 Å². The van der Waals surface area contributed by atoms with Gasteiger partial charge in [0.1, 0.15) is 6.07 Å². The van der Waals surface area contributed by atoms with Crippen LogP contribution in [0.25, 0.3) is 5.70 Å². The Morgan fingerprint density at radius 1 is 0.793 bits per heavy atom. The molecular weight excluding hydrogens is 356 g/mol. The summed E-state index contributed by atoms with van der Waals surface area (Å²) < 4.78 is 0. The number of rotatable bonds is 3. The van der Waals surface area contributed by atoms with Crippen LogP contribution in [0.2, 0.25) is 0 Å². The number of hydrogen-bond acceptors (Lipinski definition) is 4. The molecule has 3 aromatic carbocycles. The average molecular weight is 374 g/mol. The Hall–Kier alpha value is -3.94. The standard InChI is InChI=1S/C25H18N4/c26-17-21-24(20-14-8-3-9-15-20)28-29-23(19-12-6-2-7-13-19)16-22(27-25(21)29)18-10-4-1-5-11-18/h1-16,24,28H. The van der Waals surface area contributed by atoms with Gasteiger partial charge in [-0.2, -0.15) is 5.26 Å². The number of fused-ring (bicyclic) bond motifs is 1. The van der Waals surface area contributed by atoms with Crippen molar-refractivity contribution in [3.05, 3.63) is 125 Å². The predicted molar refractivity (Wildman–Crippen MR) is 114 cm³/mol. The van der Waals surface area contributed by atoms with Crippen LogP contribution < -0.4 is 5.43 Å². The highest BCUT2D eigenvalue weighted by Gasteiger charge is 2.36. The Morgan fingerprint density at radius 3 is 2.00 bits per heavy atom. The molecule has 2 aliphatic rings. The van der Waals surface area contributed by atoms with Gasteiger partial charge in [-0.1, -0.05) is 91.0 Å². The number of hydrazine groups is 1. The third-order valence-corrected chi connectivity index (χ3v) is 5.13. The molecule has 1 unspecified atom stereocenters. The van der Waals surface area contributed by atoms with Crippen LogP contribution in [0.15, 0.2) is 113 Å². The molecule has 0 fully saturated rings. The molecule has 4 nitrogen and oxygen atoms in total. The summed E-state index contributed by atoms with van der Waals surface area (Å²) in [4.78, 5) is 4.88. The SMILES string of the molecule is N#CC1=C2N=C(c3ccccc3)C=C(c3ccccc3)N2NC1c1ccccc1. The molecule has 29 heavy (non-hydrogen) atoms. The Labute approximate surface area is 169 Å². The second-order valence-electron chi connectivity index (χ2n) is 6.92. The maximum Gasteiger partial charge on any atom is 0.164 e. The number of benzene rings is 3. The van der Waals surface area contributed by atoms with E-state index in [4.69, 9.17) is 4.99 Å². The number of nitrogens with one attached hydrogen (secondary N) is 1. The van der Waals surface area contributed by atoms with Crippen LogP contribution in [0.5, 0.6) is 0 Å². The maximum absolute atomic E-state index is 9.99. The lowest BCUT2D eigenvalue weighted by Gasteiger charge is -2.28. The smallest absolute Gasteiger partial charge is 0.164 e. The molecule has 0 aliphatic carbocycles. The summed E-state index contributed by atoms with van der Waals surface area (Å²) in [5.74, 6) is 0.654. The van der Waals surface area contributed by atoms with Gasteiger partial charge in [-0.25, -0.2) is 10.4 Å². The van der Waals surface area contributed by atoms with E-state index in [1.165, 1.54) is 0 Å². The topological polar surface area (TPSA) is 51.4 Å². The first-order chi connectivity index (χ1) is 14.3. The first-order valence-electron chi connectivity index (χ1n) is 9.52. The lowest BCUT2D eigenvalue weighted by molar-refractivity contribution is 0.362. The van der Waals surface area contributed by atoms with E-state index in [1.54, 1.807) is 0 Å². The molecule has 0 aromatic heterocycles. The van der Waals surface area contributed by atoms with Crippen molar-refractivity contribution in [2.24, 2.45) is 4.99 Å². The molecular formula is C25H18N4. The molecule has 0 radical (unpaired) electrons. The minimum absolute atomic E-state index is 0.234. The van der Waals surface area contributed by atoms with E-state index in [9.17, 15) is 5.26 Å². The zero-order valence-corrected chi connectivity index (χ0v) is 15.7. The van der Waals surface area contributed by atoms with Gasteiger partial charge in [0.2, 0.25) is 0 Å². The Balaban J connectivity index is 1.69. The van der Waals surface area contributed by atoms with Crippen LogP contribution in [0, 0.1) is 11.3 Å². The van der Waals surface area contributed by atoms with Crippen LogP contribution in [0.1, 0.15) is 22.7 Å². The second kappa shape index (κ2) is 7.23. The van der Waals surface area contributed by atoms with Gasteiger partial charge in [0.05, 0.1) is 23.0 Å². The fourth-order valence-electron chi connectivity index (χ4n) is 3.72. The number of aliphatic imine (C=N–C) groups is 1. The van der Waals surface area contributed by atoms with Crippen LogP contribution in [-0.4, -0.2) is 10.7 Å². The van der Waals surface area contributed by atoms with E-state index < -0.39 is 0 Å². The summed E-state index contributed by atoms with van der Waals surface area (Å²) in [5, 5.41) is 11.9. The number of nitriles is 1. The zero-order valence-electron chi connectivity index (χ0n) is 15.7. The van der Waals surface area contributed by atoms with Gasteiger partial charge in [0, 0.05) is 5.56 Å². The van der Waals surface area contributed by atoms with Gasteiger partial charge in [-0.15, -0.1) is 0 Å². The minimum Gasteiger partial charge on any atom is -0.257 e. The molecule has 1 N–H and O–H groups in total. The Bertz CT molecular complexity index is 1170. The summed E-state index contributed by atoms with van der Waals surface area (Å²) in [7, 11) is 0. The lowest BCUT2D eigenvalue weighted by atomic mass is 10.0. The van der Waals surface area contributed by atoms with Crippen LogP contribution in [-0.2, 0) is 0 Å². The van der Waals surface area contributed by atoms with Gasteiger partial charge in [0.15, 0.2) is 5.82 Å². The Kier molecular flexibility index (Phi) is 4.28. The van der Waals surface area contributed by atoms with Crippen molar-refractivity contribution >= 4 is 11.4 Å². The van der Waals surface area contributed by atoms with Crippen molar-refractivity contribution < 1.29 is 0 Å². The highest BCUT2D eigenvalue weighted by atomic mass is 15.6. The molecule has 3 aromatic rings. The highest BCUT2D eigenvalue weighted by molar-refractivity contribution is 6.13. The van der Waals surface area contributed by atoms with Crippen LogP contribution in [0.4, 0.5) is 0 Å². The van der Waals surface area contributed by atoms with Gasteiger partial charge >= 0.3 is 0 Å². The molecule has 0 saturated carbocycles. The molecule has 2 aliphatic heterocycles. The molecule has 1 atom stereocenters. The summed E-state index contributed by atoms with van der Waals surface area (Å²) in [6.45, 7) is 0. The minimum atomic E-state index is -0.234. The highest BCUT2D eigenvalue weighted by Crippen LogP contribution is 2.39. The quantitative estimate of drug-likeness (QED) is 0.715. The Morgan fingerprint density at radius 2 is 1.38 bits per heavy atom. The van der Waals surface area contributed by atoms with E-state index >= 15 is 0 Å². The predicted octanol–water partition coefficient (Wildman–Crippen LogP) is 4.83. The second-order valence-corrected chi connectivity index (χ2v) is 6.92. The zero-order chi connectivity index (χ0) is 19.6. The molecule has 0 spiro atoms. The van der Waals surface area contributed by atoms with Crippen molar-refractivity contribution in [2.75, 3.05) is 0 Å². The largest absolute Gasteiger partial charge is 0.257 e. The molecule has 2 heterocycles. The molecule has 4 heteroatoms. The summed E-state index contributed by atoms with van der Waals surface area (Å²) >= 11 is 0. The fraction of sp³-hybridized carbons (Fsp3) is 0.0400. The van der Waals surface area contributed by atoms with Gasteiger partial charge < -0.3 is 0 Å². The number of nitrogens with zero attached hydrogens (tertiary/aromatic N) is 3. The van der Waals surface area contributed by atoms with Crippen molar-refractivity contribution in [2.45, 2.75) is 6.04 Å². The van der Waals surface area contributed by atoms with E-state index in [2.05, 4.69) is 29.7 Å². The van der Waals surface area contributed by atoms with Gasteiger partial charge in [-0.05, 0) is 17.2 Å². The first kappa shape index (κ1) is 17.2. The monoisotopic (exact) mass is 374 g/mol. The molecule has 0 saturated heterocycles. The summed E-state index contributed by atoms with van der Waals surface area (Å²) in [5.41, 5.74) is 9.05. The summed E-state index contributed by atoms with van der Waals surface area (Å²) in [6.07, 6.45) is 2.07. The number of allylic oxidation sites excluding steroid dienone is 1. The van der Waals surface area contributed by atoms with Crippen molar-refractivity contribution in [3.63, 3.8) is 0 Å². The number of hydrogen-bond donors (Lipinski definition) is 1. The first-order valence-corrected chi connectivity index (χ1v) is 9.52. The van der Waals surface area contributed by atoms with Crippen LogP contribution in [0.3, 0.4) is 0 Å². The maximum atomic E-state index is 9.99. The van der Waals surface area contributed by atoms with Crippen molar-refractivity contribution in [1.29, 1.82) is 5.26 Å². The molecule has 5 rings (SSSR count). The molecule has 0 bridgehead atoms. The van der Waals surface area contributed by atoms with Crippen LogP contribution >= 0.6 is 0 Å². The van der Waals surface area contributed by atoms with Crippen molar-refractivity contribution in [3.8, 4) is 6.07 Å². The van der Waals surface area contributed by atoms with Gasteiger partial charge in [0.25, 0.3) is 0 Å². The average Bonchev–Trinajstić information content (AvgIpc) is 3.19. The third-order valence-electron chi connectivity index (χ3n) is 5.13. The third kappa shape index (κ3) is 3.04. The summed E-state index contributed by atoms with van der Waals surface area (Å²) in [6, 6.07) is 32.4. The molecule has 138 valence electrons. The lowest BCUT2D eigenvalue weighted by Crippen LogP contribution is -2.34. The van der Waals surface area contributed by atoms with E-state index in [0.29, 0.717) is 11.4 Å². The molecule has 0 amide bonds. The van der Waals surface area contributed by atoms with Crippen molar-refractivity contribution in [1.82, 2.24) is 10.4 Å². The van der Waals surface area contributed by atoms with Gasteiger partial charge in [-0.3, -0.25) is 5.01 Å². The van der Waals surface area contributed by atoms with E-state index in [1.807, 2.05) is 83.9 Å². The fourth-order valence-corrected chi connectivity index (χ4v) is 3.72. The van der Waals surface area contributed by atoms with E-state index in [0.717, 1.165) is 28.1 Å².